The third-order valence-electron chi connectivity index (χ3n) is 3.64. The zero-order valence-corrected chi connectivity index (χ0v) is 10.0. The summed E-state index contributed by atoms with van der Waals surface area (Å²) >= 11 is 0. The van der Waals surface area contributed by atoms with Crippen LogP contribution in [0.4, 0.5) is 11.5 Å². The Bertz CT molecular complexity index is 358. The van der Waals surface area contributed by atoms with Gasteiger partial charge in [0.05, 0.1) is 0 Å². The highest BCUT2D eigenvalue weighted by molar-refractivity contribution is 5.49. The van der Waals surface area contributed by atoms with E-state index in [4.69, 9.17) is 5.73 Å². The van der Waals surface area contributed by atoms with Gasteiger partial charge in [0.25, 0.3) is 0 Å². The van der Waals surface area contributed by atoms with Gasteiger partial charge in [0.2, 0.25) is 0 Å². The number of rotatable bonds is 4. The van der Waals surface area contributed by atoms with Crippen molar-refractivity contribution in [2.24, 2.45) is 0 Å². The fourth-order valence-corrected chi connectivity index (χ4v) is 2.19. The fourth-order valence-electron chi connectivity index (χ4n) is 2.19. The van der Waals surface area contributed by atoms with E-state index in [2.05, 4.69) is 29.3 Å². The molecular formula is C12H20N4. The van der Waals surface area contributed by atoms with E-state index in [-0.39, 0.29) is 0 Å². The van der Waals surface area contributed by atoms with Crippen LogP contribution in [0.15, 0.2) is 18.3 Å². The summed E-state index contributed by atoms with van der Waals surface area (Å²) in [4.78, 5) is 6.31. The summed E-state index contributed by atoms with van der Waals surface area (Å²) in [6.07, 6.45) is 5.61. The van der Waals surface area contributed by atoms with Crippen molar-refractivity contribution in [3.63, 3.8) is 0 Å². The van der Waals surface area contributed by atoms with E-state index in [1.54, 1.807) is 6.20 Å². The molecule has 0 amide bonds. The van der Waals surface area contributed by atoms with Gasteiger partial charge < -0.3 is 16.0 Å². The van der Waals surface area contributed by atoms with Crippen LogP contribution in [-0.4, -0.2) is 36.1 Å². The lowest BCUT2D eigenvalue weighted by Gasteiger charge is -2.47. The summed E-state index contributed by atoms with van der Waals surface area (Å²) < 4.78 is 0. The minimum atomic E-state index is 0.331. The van der Waals surface area contributed by atoms with Crippen LogP contribution in [0.25, 0.3) is 0 Å². The van der Waals surface area contributed by atoms with E-state index < -0.39 is 0 Å². The number of hydrogen-bond acceptors (Lipinski definition) is 4. The van der Waals surface area contributed by atoms with Gasteiger partial charge in [0.15, 0.2) is 0 Å². The molecule has 0 spiro atoms. The highest BCUT2D eigenvalue weighted by atomic mass is 15.2. The van der Waals surface area contributed by atoms with Crippen molar-refractivity contribution < 1.29 is 0 Å². The quantitative estimate of drug-likeness (QED) is 0.808. The lowest BCUT2D eigenvalue weighted by molar-refractivity contribution is 0.0739. The molecule has 2 rings (SSSR count). The molecule has 1 heterocycles. The summed E-state index contributed by atoms with van der Waals surface area (Å²) in [5.74, 6) is 0.567. The maximum Gasteiger partial charge on any atom is 0.125 e. The van der Waals surface area contributed by atoms with Crippen molar-refractivity contribution in [2.75, 3.05) is 31.7 Å². The van der Waals surface area contributed by atoms with E-state index in [1.807, 2.05) is 12.1 Å². The molecule has 0 bridgehead atoms. The number of likely N-dealkylation sites (N-methyl/N-ethyl adjacent to an activating group) is 1. The highest BCUT2D eigenvalue weighted by Gasteiger charge is 2.38. The first-order chi connectivity index (χ1) is 7.62. The van der Waals surface area contributed by atoms with Crippen molar-refractivity contribution in [1.29, 1.82) is 0 Å². The lowest BCUT2D eigenvalue weighted by Crippen LogP contribution is -2.54. The standard InChI is InChI=1S/C12H20N4/c1-16(2)12(5-3-6-12)9-15-10-4-7-14-11(13)8-10/h4,7-8H,3,5-6,9H2,1-2H3,(H3,13,14,15). The molecule has 0 saturated heterocycles. The second-order valence-corrected chi connectivity index (χ2v) is 4.80. The van der Waals surface area contributed by atoms with Gasteiger partial charge in [-0.25, -0.2) is 4.98 Å². The van der Waals surface area contributed by atoms with Crippen LogP contribution in [0, 0.1) is 0 Å². The Morgan fingerprint density at radius 2 is 2.25 bits per heavy atom. The van der Waals surface area contributed by atoms with Crippen LogP contribution >= 0.6 is 0 Å². The van der Waals surface area contributed by atoms with Crippen LogP contribution in [-0.2, 0) is 0 Å². The Labute approximate surface area is 96.8 Å². The minimum absolute atomic E-state index is 0.331. The van der Waals surface area contributed by atoms with Gasteiger partial charge in [-0.15, -0.1) is 0 Å². The Kier molecular flexibility index (Phi) is 3.01. The van der Waals surface area contributed by atoms with Crippen molar-refractivity contribution in [3.05, 3.63) is 18.3 Å². The second kappa shape index (κ2) is 4.29. The number of aromatic nitrogens is 1. The molecule has 4 nitrogen and oxygen atoms in total. The zero-order valence-electron chi connectivity index (χ0n) is 10.0. The molecule has 1 aromatic rings. The first-order valence-electron chi connectivity index (χ1n) is 5.75. The Hall–Kier alpha value is -1.29. The molecule has 1 aliphatic rings. The number of hydrogen-bond donors (Lipinski definition) is 2. The Balaban J connectivity index is 1.96. The van der Waals surface area contributed by atoms with Gasteiger partial charge in [0.1, 0.15) is 5.82 Å². The second-order valence-electron chi connectivity index (χ2n) is 4.80. The van der Waals surface area contributed by atoms with E-state index in [9.17, 15) is 0 Å². The maximum absolute atomic E-state index is 5.64. The molecule has 88 valence electrons. The molecule has 1 aromatic heterocycles. The zero-order chi connectivity index (χ0) is 11.6. The number of nitrogens with two attached hydrogens (primary N) is 1. The van der Waals surface area contributed by atoms with Crippen LogP contribution in [0.3, 0.4) is 0 Å². The lowest BCUT2D eigenvalue weighted by atomic mass is 9.75. The van der Waals surface area contributed by atoms with Gasteiger partial charge in [-0.3, -0.25) is 0 Å². The van der Waals surface area contributed by atoms with Crippen molar-refractivity contribution in [3.8, 4) is 0 Å². The average Bonchev–Trinajstić information content (AvgIpc) is 2.15. The molecule has 0 atom stereocenters. The van der Waals surface area contributed by atoms with Gasteiger partial charge >= 0.3 is 0 Å². The van der Waals surface area contributed by atoms with Crippen molar-refractivity contribution in [2.45, 2.75) is 24.8 Å². The predicted molar refractivity (Wildman–Crippen MR) is 67.4 cm³/mol. The fraction of sp³-hybridized carbons (Fsp3) is 0.583. The van der Waals surface area contributed by atoms with Crippen molar-refractivity contribution in [1.82, 2.24) is 9.88 Å². The van der Waals surface area contributed by atoms with E-state index in [1.165, 1.54) is 19.3 Å². The van der Waals surface area contributed by atoms with Crippen molar-refractivity contribution >= 4 is 11.5 Å². The van der Waals surface area contributed by atoms with Crippen LogP contribution in [0.5, 0.6) is 0 Å². The van der Waals surface area contributed by atoms with Gasteiger partial charge in [-0.1, -0.05) is 0 Å². The molecular weight excluding hydrogens is 200 g/mol. The van der Waals surface area contributed by atoms with Crippen LogP contribution in [0.1, 0.15) is 19.3 Å². The summed E-state index contributed by atoms with van der Waals surface area (Å²) in [7, 11) is 4.31. The first kappa shape index (κ1) is 11.2. The SMILES string of the molecule is CN(C)C1(CNc2ccnc(N)c2)CCC1. The average molecular weight is 220 g/mol. The molecule has 4 heteroatoms. The maximum atomic E-state index is 5.64. The highest BCUT2D eigenvalue weighted by Crippen LogP contribution is 2.36. The molecule has 1 fully saturated rings. The van der Waals surface area contributed by atoms with Crippen LogP contribution < -0.4 is 11.1 Å². The molecule has 3 N–H and O–H groups in total. The first-order valence-corrected chi connectivity index (χ1v) is 5.75. The number of pyridine rings is 1. The normalized spacial score (nSPS) is 18.2. The predicted octanol–water partition coefficient (Wildman–Crippen LogP) is 1.56. The topological polar surface area (TPSA) is 54.2 Å². The van der Waals surface area contributed by atoms with E-state index in [0.717, 1.165) is 12.2 Å². The molecule has 1 saturated carbocycles. The molecule has 0 radical (unpaired) electrons. The summed E-state index contributed by atoms with van der Waals surface area (Å²) in [6.45, 7) is 0.976. The van der Waals surface area contributed by atoms with Gasteiger partial charge in [-0.05, 0) is 39.4 Å². The smallest absolute Gasteiger partial charge is 0.125 e. The van der Waals surface area contributed by atoms with Crippen LogP contribution in [0.2, 0.25) is 0 Å². The van der Waals surface area contributed by atoms with Gasteiger partial charge in [-0.2, -0.15) is 0 Å². The number of anilines is 2. The Morgan fingerprint density at radius 3 is 2.75 bits per heavy atom. The summed E-state index contributed by atoms with van der Waals surface area (Å²) in [5, 5.41) is 3.45. The number of nitrogens with zero attached hydrogens (tertiary/aromatic N) is 2. The molecule has 0 unspecified atom stereocenters. The third kappa shape index (κ3) is 2.11. The molecule has 0 aliphatic heterocycles. The van der Waals surface area contributed by atoms with E-state index in [0.29, 0.717) is 11.4 Å². The Morgan fingerprint density at radius 1 is 1.50 bits per heavy atom. The largest absolute Gasteiger partial charge is 0.384 e. The summed E-state index contributed by atoms with van der Waals surface area (Å²) in [5.41, 5.74) is 7.03. The van der Waals surface area contributed by atoms with Gasteiger partial charge in [0, 0.05) is 30.0 Å². The number of nitrogens with one attached hydrogen (secondary N) is 1. The monoisotopic (exact) mass is 220 g/mol. The molecule has 0 aromatic carbocycles. The minimum Gasteiger partial charge on any atom is -0.384 e. The van der Waals surface area contributed by atoms with E-state index >= 15 is 0 Å². The number of nitrogen functional groups attached to an aromatic ring is 1. The molecule has 16 heavy (non-hydrogen) atoms. The summed E-state index contributed by atoms with van der Waals surface area (Å²) in [6, 6.07) is 3.83. The molecule has 1 aliphatic carbocycles. The third-order valence-corrected chi connectivity index (χ3v) is 3.64.